The molecule has 1 fully saturated rings. The predicted molar refractivity (Wildman–Crippen MR) is 88.0 cm³/mol. The first-order valence-corrected chi connectivity index (χ1v) is 7.86. The number of methoxy groups -OCH3 is 1. The molecule has 134 valence electrons. The van der Waals surface area contributed by atoms with E-state index in [2.05, 4.69) is 5.43 Å². The number of hydrogen-bond donors (Lipinski definition) is 1. The molecule has 0 bridgehead atoms. The third kappa shape index (κ3) is 3.04. The number of benzene rings is 2. The molecule has 0 radical (unpaired) electrons. The molecule has 0 aliphatic carbocycles. The largest absolute Gasteiger partial charge is 0.496 e. The van der Waals surface area contributed by atoms with Gasteiger partial charge in [0.2, 0.25) is 5.91 Å². The lowest BCUT2D eigenvalue weighted by Crippen LogP contribution is -2.51. The van der Waals surface area contributed by atoms with Crippen molar-refractivity contribution >= 4 is 16.7 Å². The lowest BCUT2D eigenvalue weighted by atomic mass is 9.93. The Balaban J connectivity index is 2.28. The van der Waals surface area contributed by atoms with Crippen LogP contribution in [0.2, 0.25) is 0 Å². The number of fused-ring (bicyclic) bond motifs is 1. The van der Waals surface area contributed by atoms with Crippen molar-refractivity contribution < 1.29 is 22.7 Å². The zero-order valence-electron chi connectivity index (χ0n) is 14.1. The Bertz CT molecular complexity index is 818. The third-order valence-electron chi connectivity index (χ3n) is 4.48. The SMILES string of the molecule is COc1ccc2ccccc2c1C(N1NC(=O)CC1(C)C)C(F)(F)F. The monoisotopic (exact) mass is 352 g/mol. The summed E-state index contributed by atoms with van der Waals surface area (Å²) in [4.78, 5) is 11.8. The van der Waals surface area contributed by atoms with Crippen LogP contribution in [-0.4, -0.2) is 29.7 Å². The van der Waals surface area contributed by atoms with Crippen LogP contribution in [0.3, 0.4) is 0 Å². The van der Waals surface area contributed by atoms with Crippen LogP contribution in [0.1, 0.15) is 31.9 Å². The minimum absolute atomic E-state index is 0.00313. The minimum atomic E-state index is -4.60. The molecule has 1 saturated heterocycles. The van der Waals surface area contributed by atoms with Crippen LogP contribution in [0.5, 0.6) is 5.75 Å². The molecular formula is C18H19F3N2O2. The summed E-state index contributed by atoms with van der Waals surface area (Å²) >= 11 is 0. The molecule has 1 amide bonds. The smallest absolute Gasteiger partial charge is 0.410 e. The summed E-state index contributed by atoms with van der Waals surface area (Å²) < 4.78 is 47.6. The molecule has 2 aromatic rings. The molecule has 25 heavy (non-hydrogen) atoms. The third-order valence-corrected chi connectivity index (χ3v) is 4.48. The maximum atomic E-state index is 14.1. The van der Waals surface area contributed by atoms with Crippen LogP contribution in [0, 0.1) is 0 Å². The number of ether oxygens (including phenoxy) is 1. The van der Waals surface area contributed by atoms with Gasteiger partial charge in [0.15, 0.2) is 6.04 Å². The molecule has 1 unspecified atom stereocenters. The van der Waals surface area contributed by atoms with Crippen molar-refractivity contribution in [3.8, 4) is 5.75 Å². The number of nitrogens with one attached hydrogen (secondary N) is 1. The van der Waals surface area contributed by atoms with Crippen LogP contribution in [0.4, 0.5) is 13.2 Å². The van der Waals surface area contributed by atoms with E-state index in [0.717, 1.165) is 5.01 Å². The van der Waals surface area contributed by atoms with Crippen molar-refractivity contribution in [2.45, 2.75) is 38.0 Å². The lowest BCUT2D eigenvalue weighted by Gasteiger charge is -2.38. The molecule has 7 heteroatoms. The average molecular weight is 352 g/mol. The van der Waals surface area contributed by atoms with E-state index in [0.29, 0.717) is 10.8 Å². The van der Waals surface area contributed by atoms with Gasteiger partial charge in [-0.05, 0) is 30.7 Å². The number of nitrogens with zero attached hydrogens (tertiary/aromatic N) is 1. The van der Waals surface area contributed by atoms with Gasteiger partial charge >= 0.3 is 6.18 Å². The summed E-state index contributed by atoms with van der Waals surface area (Å²) in [6, 6.07) is 8.07. The van der Waals surface area contributed by atoms with Gasteiger partial charge in [0, 0.05) is 17.5 Å². The Morgan fingerprint density at radius 2 is 1.88 bits per heavy atom. The summed E-state index contributed by atoms with van der Waals surface area (Å²) in [5.41, 5.74) is 1.40. The van der Waals surface area contributed by atoms with Gasteiger partial charge in [-0.1, -0.05) is 30.3 Å². The van der Waals surface area contributed by atoms with Crippen molar-refractivity contribution in [2.75, 3.05) is 7.11 Å². The molecule has 1 aliphatic heterocycles. The number of amides is 1. The van der Waals surface area contributed by atoms with Crippen LogP contribution in [-0.2, 0) is 4.79 Å². The number of hydrogen-bond acceptors (Lipinski definition) is 3. The van der Waals surface area contributed by atoms with E-state index in [9.17, 15) is 18.0 Å². The van der Waals surface area contributed by atoms with E-state index in [4.69, 9.17) is 4.74 Å². The van der Waals surface area contributed by atoms with E-state index >= 15 is 0 Å². The van der Waals surface area contributed by atoms with Crippen LogP contribution >= 0.6 is 0 Å². The Morgan fingerprint density at radius 3 is 2.44 bits per heavy atom. The van der Waals surface area contributed by atoms with Crippen LogP contribution in [0.25, 0.3) is 10.8 Å². The van der Waals surface area contributed by atoms with Gasteiger partial charge in [-0.15, -0.1) is 0 Å². The number of carbonyl (C=O) groups is 1. The fraction of sp³-hybridized carbons (Fsp3) is 0.389. The summed E-state index contributed by atoms with van der Waals surface area (Å²) in [7, 11) is 1.34. The Morgan fingerprint density at radius 1 is 1.20 bits per heavy atom. The highest BCUT2D eigenvalue weighted by atomic mass is 19.4. The van der Waals surface area contributed by atoms with E-state index < -0.39 is 23.7 Å². The normalized spacial score (nSPS) is 19.0. The Kier molecular flexibility index (Phi) is 4.15. The van der Waals surface area contributed by atoms with Gasteiger partial charge in [-0.2, -0.15) is 18.2 Å². The number of halogens is 3. The van der Waals surface area contributed by atoms with Gasteiger partial charge in [0.05, 0.1) is 7.11 Å². The van der Waals surface area contributed by atoms with Crippen molar-refractivity contribution in [1.82, 2.24) is 10.4 Å². The first-order valence-electron chi connectivity index (χ1n) is 7.86. The molecule has 1 heterocycles. The van der Waals surface area contributed by atoms with Crippen molar-refractivity contribution in [2.24, 2.45) is 0 Å². The minimum Gasteiger partial charge on any atom is -0.496 e. The Hall–Kier alpha value is -2.28. The van der Waals surface area contributed by atoms with Gasteiger partial charge in [-0.25, -0.2) is 0 Å². The standard InChI is InChI=1S/C18H19F3N2O2/c1-17(2)10-14(24)22-23(17)16(18(19,20)21)15-12-7-5-4-6-11(12)8-9-13(15)25-3/h4-9,16H,10H2,1-3H3,(H,22,24). The van der Waals surface area contributed by atoms with Crippen molar-refractivity contribution in [3.63, 3.8) is 0 Å². The summed E-state index contributed by atoms with van der Waals surface area (Å²) in [6.07, 6.45) is -4.61. The number of carbonyl (C=O) groups excluding carboxylic acids is 1. The second-order valence-electron chi connectivity index (χ2n) is 6.74. The van der Waals surface area contributed by atoms with Gasteiger partial charge < -0.3 is 4.74 Å². The molecule has 2 aromatic carbocycles. The summed E-state index contributed by atoms with van der Waals surface area (Å²) in [6.45, 7) is 3.22. The quantitative estimate of drug-likeness (QED) is 0.909. The molecule has 4 nitrogen and oxygen atoms in total. The highest BCUT2D eigenvalue weighted by Gasteiger charge is 2.54. The zero-order valence-corrected chi connectivity index (χ0v) is 14.1. The lowest BCUT2D eigenvalue weighted by molar-refractivity contribution is -0.203. The van der Waals surface area contributed by atoms with Gasteiger partial charge in [0.25, 0.3) is 0 Å². The molecule has 0 saturated carbocycles. The molecule has 1 aliphatic rings. The first kappa shape index (κ1) is 17.5. The van der Waals surface area contributed by atoms with Crippen LogP contribution < -0.4 is 10.2 Å². The highest BCUT2D eigenvalue weighted by Crippen LogP contribution is 2.47. The topological polar surface area (TPSA) is 41.6 Å². The average Bonchev–Trinajstić information content (AvgIpc) is 2.78. The van der Waals surface area contributed by atoms with E-state index in [1.807, 2.05) is 0 Å². The number of rotatable bonds is 3. The zero-order chi connectivity index (χ0) is 18.4. The van der Waals surface area contributed by atoms with Gasteiger partial charge in [0.1, 0.15) is 5.75 Å². The highest BCUT2D eigenvalue weighted by molar-refractivity contribution is 5.88. The summed E-state index contributed by atoms with van der Waals surface area (Å²) in [5.74, 6) is -0.295. The van der Waals surface area contributed by atoms with E-state index in [1.165, 1.54) is 13.2 Å². The second kappa shape index (κ2) is 5.91. The Labute approximate surface area is 143 Å². The molecule has 0 spiro atoms. The maximum Gasteiger partial charge on any atom is 0.410 e. The summed E-state index contributed by atoms with van der Waals surface area (Å²) in [5, 5.41) is 2.12. The molecular weight excluding hydrogens is 333 g/mol. The molecule has 3 rings (SSSR count). The fourth-order valence-electron chi connectivity index (χ4n) is 3.39. The molecule has 1 atom stereocenters. The van der Waals surface area contributed by atoms with E-state index in [-0.39, 0.29) is 17.7 Å². The van der Waals surface area contributed by atoms with Crippen molar-refractivity contribution in [1.29, 1.82) is 0 Å². The second-order valence-corrected chi connectivity index (χ2v) is 6.74. The maximum absolute atomic E-state index is 14.1. The first-order chi connectivity index (χ1) is 11.6. The van der Waals surface area contributed by atoms with Crippen LogP contribution in [0.15, 0.2) is 36.4 Å². The van der Waals surface area contributed by atoms with Crippen molar-refractivity contribution in [3.05, 3.63) is 42.0 Å². The number of alkyl halides is 3. The van der Waals surface area contributed by atoms with E-state index in [1.54, 1.807) is 44.2 Å². The molecule has 1 N–H and O–H groups in total. The molecule has 0 aromatic heterocycles. The van der Waals surface area contributed by atoms with Gasteiger partial charge in [-0.3, -0.25) is 10.2 Å². The predicted octanol–water partition coefficient (Wildman–Crippen LogP) is 3.97. The fourth-order valence-corrected chi connectivity index (χ4v) is 3.39. The number of hydrazine groups is 1.